The van der Waals surface area contributed by atoms with E-state index in [0.717, 1.165) is 0 Å². The molecule has 0 aromatic heterocycles. The molecule has 0 N–H and O–H groups in total. The Balaban J connectivity index is 0.000000473. The fourth-order valence-electron chi connectivity index (χ4n) is 4.06. The molecule has 1 heterocycles. The molecule has 0 amide bonds. The third-order valence-electron chi connectivity index (χ3n) is 6.35. The molecule has 2 aromatic carbocycles. The number of rotatable bonds is 1. The maximum absolute atomic E-state index is 3.44. The van der Waals surface area contributed by atoms with Crippen molar-refractivity contribution < 1.29 is 50.7 Å². The van der Waals surface area contributed by atoms with Gasteiger partial charge in [0.25, 0.3) is 0 Å². The number of hydrogen-bond acceptors (Lipinski definition) is 0. The summed E-state index contributed by atoms with van der Waals surface area (Å²) in [5.41, 5.74) is 4.39. The molecule has 0 nitrogen and oxygen atoms in total. The largest absolute Gasteiger partial charge is 4.00 e. The van der Waals surface area contributed by atoms with Gasteiger partial charge in [0, 0.05) is 8.07 Å². The molecule has 4 rings (SSSR count). The van der Waals surface area contributed by atoms with E-state index in [1.54, 1.807) is 5.19 Å². The monoisotopic (exact) mass is 584 g/mol. The van der Waals surface area contributed by atoms with Crippen LogP contribution in [0.4, 0.5) is 0 Å². The third kappa shape index (κ3) is 5.32. The van der Waals surface area contributed by atoms with Gasteiger partial charge in [0.2, 0.25) is 0 Å². The summed E-state index contributed by atoms with van der Waals surface area (Å²) in [5.74, 6) is 0. The zero-order chi connectivity index (χ0) is 17.5. The van der Waals surface area contributed by atoms with Crippen LogP contribution in [0, 0.1) is 11.5 Å². The zero-order valence-corrected chi connectivity index (χ0v) is 23.4. The van der Waals surface area contributed by atoms with E-state index in [4.69, 9.17) is 0 Å². The molecule has 1 aliphatic carbocycles. The molecule has 0 spiro atoms. The molecule has 2 aliphatic rings. The van der Waals surface area contributed by atoms with E-state index >= 15 is 0 Å². The Morgan fingerprint density at radius 3 is 2.00 bits per heavy atom. The second kappa shape index (κ2) is 10.1. The van der Waals surface area contributed by atoms with Crippen molar-refractivity contribution in [2.45, 2.75) is 59.7 Å². The number of fused-ring (bicyclic) bond motifs is 1. The topological polar surface area (TPSA) is 0 Å². The van der Waals surface area contributed by atoms with Gasteiger partial charge < -0.3 is 24.8 Å². The van der Waals surface area contributed by atoms with E-state index in [2.05, 4.69) is 83.6 Å². The SMILES string of the molecule is CC1=[C-]C(C)(C)C(C)=C1C.C[Si]1([c-]2ccc3ccccc32)CCC1.[Cl-].[Cl-].[Hf+4]. The van der Waals surface area contributed by atoms with Crippen LogP contribution in [0.15, 0.2) is 53.1 Å². The Labute approximate surface area is 197 Å². The van der Waals surface area contributed by atoms with Crippen molar-refractivity contribution in [1.29, 1.82) is 0 Å². The molecule has 2 aromatic rings. The van der Waals surface area contributed by atoms with Gasteiger partial charge in [-0.3, -0.25) is 6.08 Å². The molecule has 1 fully saturated rings. The minimum absolute atomic E-state index is 0. The van der Waals surface area contributed by atoms with Crippen molar-refractivity contribution >= 4 is 24.0 Å². The Kier molecular flexibility index (Phi) is 10.1. The van der Waals surface area contributed by atoms with Gasteiger partial charge in [0.05, 0.1) is 0 Å². The Hall–Kier alpha value is -0.0230. The fourth-order valence-corrected chi connectivity index (χ4v) is 7.38. The quantitative estimate of drug-likeness (QED) is 0.336. The summed E-state index contributed by atoms with van der Waals surface area (Å²) < 4.78 is 0. The Morgan fingerprint density at radius 1 is 1.00 bits per heavy atom. The van der Waals surface area contributed by atoms with E-state index in [9.17, 15) is 0 Å². The van der Waals surface area contributed by atoms with Crippen molar-refractivity contribution in [3.8, 4) is 0 Å². The average molecular weight is 584 g/mol. The first-order valence-electron chi connectivity index (χ1n) is 9.20. The minimum Gasteiger partial charge on any atom is -1.00 e. The van der Waals surface area contributed by atoms with E-state index < -0.39 is 8.07 Å². The fraction of sp³-hybridized carbons (Fsp3) is 0.435. The Bertz CT molecular complexity index is 826. The summed E-state index contributed by atoms with van der Waals surface area (Å²) in [6.45, 7) is 13.5. The molecular formula is C23H30Cl2HfSi. The van der Waals surface area contributed by atoms with Crippen molar-refractivity contribution in [2.24, 2.45) is 5.41 Å². The minimum atomic E-state index is -0.985. The Morgan fingerprint density at radius 2 is 1.59 bits per heavy atom. The van der Waals surface area contributed by atoms with Gasteiger partial charge in [0.15, 0.2) is 0 Å². The first-order valence-corrected chi connectivity index (χ1v) is 12.1. The van der Waals surface area contributed by atoms with Gasteiger partial charge in [0.1, 0.15) is 0 Å². The van der Waals surface area contributed by atoms with Gasteiger partial charge in [-0.1, -0.05) is 64.2 Å². The van der Waals surface area contributed by atoms with Gasteiger partial charge in [-0.05, 0) is 0 Å². The number of halogens is 2. The van der Waals surface area contributed by atoms with Gasteiger partial charge >= 0.3 is 25.8 Å². The van der Waals surface area contributed by atoms with Crippen LogP contribution in [0.5, 0.6) is 0 Å². The number of allylic oxidation sites excluding steroid dienone is 4. The third-order valence-corrected chi connectivity index (χ3v) is 11.0. The molecule has 27 heavy (non-hydrogen) atoms. The predicted octanol–water partition coefficient (Wildman–Crippen LogP) is 0.366. The molecule has 1 aliphatic heterocycles. The predicted molar refractivity (Wildman–Crippen MR) is 110 cm³/mol. The van der Waals surface area contributed by atoms with E-state index in [0.29, 0.717) is 0 Å². The van der Waals surface area contributed by atoms with E-state index in [-0.39, 0.29) is 56.1 Å². The zero-order valence-electron chi connectivity index (χ0n) is 17.3. The summed E-state index contributed by atoms with van der Waals surface area (Å²) >= 11 is 0. The molecule has 0 saturated carbocycles. The summed E-state index contributed by atoms with van der Waals surface area (Å²) in [6, 6.07) is 16.5. The molecule has 144 valence electrons. The first kappa shape index (κ1) is 27.0. The average Bonchev–Trinajstić information content (AvgIpc) is 3.02. The van der Waals surface area contributed by atoms with Crippen molar-refractivity contribution in [3.05, 3.63) is 59.2 Å². The van der Waals surface area contributed by atoms with Crippen LogP contribution in [-0.4, -0.2) is 8.07 Å². The van der Waals surface area contributed by atoms with E-state index in [1.807, 2.05) is 0 Å². The summed E-state index contributed by atoms with van der Waals surface area (Å²) in [6.07, 6.45) is 4.90. The second-order valence-corrected chi connectivity index (χ2v) is 13.0. The van der Waals surface area contributed by atoms with E-state index in [1.165, 1.54) is 46.0 Å². The van der Waals surface area contributed by atoms with Crippen LogP contribution in [-0.2, 0) is 25.8 Å². The number of benzene rings is 1. The molecule has 0 atom stereocenters. The second-order valence-electron chi connectivity index (χ2n) is 8.37. The normalized spacial score (nSPS) is 18.8. The first-order chi connectivity index (χ1) is 11.2. The maximum Gasteiger partial charge on any atom is 4.00 e. The van der Waals surface area contributed by atoms with Gasteiger partial charge in [-0.15, -0.1) is 41.1 Å². The molecule has 1 saturated heterocycles. The summed E-state index contributed by atoms with van der Waals surface area (Å²) in [7, 11) is -0.985. The number of hydrogen-bond donors (Lipinski definition) is 0. The molecule has 4 heteroatoms. The van der Waals surface area contributed by atoms with Gasteiger partial charge in [-0.25, -0.2) is 5.57 Å². The van der Waals surface area contributed by atoms with Crippen molar-refractivity contribution in [3.63, 3.8) is 0 Å². The van der Waals surface area contributed by atoms with Crippen molar-refractivity contribution in [1.82, 2.24) is 0 Å². The van der Waals surface area contributed by atoms with Crippen molar-refractivity contribution in [2.75, 3.05) is 0 Å². The molecular weight excluding hydrogens is 554 g/mol. The van der Waals surface area contributed by atoms with Crippen LogP contribution >= 0.6 is 0 Å². The van der Waals surface area contributed by atoms with Gasteiger partial charge in [-0.2, -0.15) is 23.3 Å². The summed E-state index contributed by atoms with van der Waals surface area (Å²) in [4.78, 5) is 0. The van der Waals surface area contributed by atoms with Crippen LogP contribution in [0.25, 0.3) is 10.8 Å². The molecule has 0 unspecified atom stereocenters. The van der Waals surface area contributed by atoms with Crippen LogP contribution in [0.3, 0.4) is 0 Å². The molecule has 0 bridgehead atoms. The van der Waals surface area contributed by atoms with Crippen LogP contribution in [0.1, 0.15) is 41.0 Å². The smallest absolute Gasteiger partial charge is 1.00 e. The van der Waals surface area contributed by atoms with Crippen LogP contribution < -0.4 is 30.0 Å². The maximum atomic E-state index is 3.44. The standard InChI is InChI=1S/C13H15Si.C10H15.2ClH.Hf/c1-14(9-4-10-14)13-8-7-11-5-2-3-6-12(11)13;1-7-6-10(4,5)9(3)8(7)2;;;/h2-3,5-8H,4,9-10H2,1H3;1-5H3;2*1H;/q2*-1;;;+4/p-2. The van der Waals surface area contributed by atoms with Crippen LogP contribution in [0.2, 0.25) is 18.6 Å². The summed E-state index contributed by atoms with van der Waals surface area (Å²) in [5, 5.41) is 4.67. The molecule has 0 radical (unpaired) electrons.